The van der Waals surface area contributed by atoms with E-state index in [4.69, 9.17) is 5.41 Å². The van der Waals surface area contributed by atoms with Crippen LogP contribution in [0.25, 0.3) is 0 Å². The number of allylic oxidation sites excluding steroid dienone is 2. The number of fused-ring (bicyclic) bond motifs is 1. The monoisotopic (exact) mass is 381 g/mol. The average Bonchev–Trinajstić information content (AvgIpc) is 2.70. The zero-order valence-corrected chi connectivity index (χ0v) is 16.6. The molecule has 2 aliphatic heterocycles. The highest BCUT2D eigenvalue weighted by molar-refractivity contribution is 6.08. The average molecular weight is 381 g/mol. The number of benzene rings is 1. The Morgan fingerprint density at radius 1 is 1.39 bits per heavy atom. The Bertz CT molecular complexity index is 852. The van der Waals surface area contributed by atoms with Gasteiger partial charge in [0.15, 0.2) is 11.6 Å². The van der Waals surface area contributed by atoms with Gasteiger partial charge in [0.1, 0.15) is 5.71 Å². The Hall–Kier alpha value is -2.73. The lowest BCUT2D eigenvalue weighted by atomic mass is 9.99. The predicted octanol–water partition coefficient (Wildman–Crippen LogP) is 3.52. The summed E-state index contributed by atoms with van der Waals surface area (Å²) in [6.45, 7) is 11.4. The van der Waals surface area contributed by atoms with Crippen molar-refractivity contribution in [2.45, 2.75) is 26.8 Å². The van der Waals surface area contributed by atoms with Crippen molar-refractivity contribution in [1.29, 1.82) is 5.41 Å². The molecule has 0 fully saturated rings. The highest BCUT2D eigenvalue weighted by Crippen LogP contribution is 2.19. The molecular weight excluding hydrogens is 353 g/mol. The molecule has 5 nitrogen and oxygen atoms in total. The number of hydrogen-bond donors (Lipinski definition) is 3. The van der Waals surface area contributed by atoms with Gasteiger partial charge in [0.2, 0.25) is 0 Å². The molecule has 2 aliphatic rings. The van der Waals surface area contributed by atoms with Crippen LogP contribution in [0.5, 0.6) is 0 Å². The van der Waals surface area contributed by atoms with Crippen LogP contribution in [0.3, 0.4) is 0 Å². The topological polar surface area (TPSA) is 63.5 Å². The van der Waals surface area contributed by atoms with E-state index in [9.17, 15) is 4.39 Å². The molecular formula is C22H28FN5. The molecule has 1 aromatic carbocycles. The SMILES string of the molecule is C=C(NCC(C)CN1CCc2ccccc2C1)C(=N)/C(F)=C1/N=C(C)C=CN1. The van der Waals surface area contributed by atoms with Crippen LogP contribution in [0.2, 0.25) is 0 Å². The van der Waals surface area contributed by atoms with Crippen LogP contribution in [0.15, 0.2) is 65.5 Å². The Kier molecular flexibility index (Phi) is 6.41. The highest BCUT2D eigenvalue weighted by Gasteiger charge is 2.19. The maximum absolute atomic E-state index is 14.5. The summed E-state index contributed by atoms with van der Waals surface area (Å²) in [7, 11) is 0. The third kappa shape index (κ3) is 4.95. The Morgan fingerprint density at radius 3 is 2.89 bits per heavy atom. The van der Waals surface area contributed by atoms with Gasteiger partial charge in [-0.25, -0.2) is 9.38 Å². The summed E-state index contributed by atoms with van der Waals surface area (Å²) < 4.78 is 14.5. The fraction of sp³-hybridized carbons (Fsp3) is 0.364. The summed E-state index contributed by atoms with van der Waals surface area (Å²) in [5.74, 6) is -0.309. The van der Waals surface area contributed by atoms with Gasteiger partial charge >= 0.3 is 0 Å². The molecule has 0 saturated carbocycles. The van der Waals surface area contributed by atoms with E-state index >= 15 is 0 Å². The third-order valence-corrected chi connectivity index (χ3v) is 5.01. The number of aliphatic imine (C=N–C) groups is 1. The summed E-state index contributed by atoms with van der Waals surface area (Å²) in [5, 5.41) is 13.9. The number of nitrogens with one attached hydrogen (secondary N) is 3. The smallest absolute Gasteiger partial charge is 0.192 e. The third-order valence-electron chi connectivity index (χ3n) is 5.01. The van der Waals surface area contributed by atoms with Crippen molar-refractivity contribution in [2.24, 2.45) is 10.9 Å². The summed E-state index contributed by atoms with van der Waals surface area (Å²) in [6, 6.07) is 8.59. The van der Waals surface area contributed by atoms with Crippen molar-refractivity contribution in [3.8, 4) is 0 Å². The van der Waals surface area contributed by atoms with E-state index in [-0.39, 0.29) is 17.2 Å². The fourth-order valence-electron chi connectivity index (χ4n) is 3.45. The number of hydrogen-bond acceptors (Lipinski definition) is 5. The van der Waals surface area contributed by atoms with Crippen molar-refractivity contribution in [3.05, 3.63) is 71.6 Å². The first-order chi connectivity index (χ1) is 13.4. The van der Waals surface area contributed by atoms with E-state index in [1.54, 1.807) is 19.2 Å². The van der Waals surface area contributed by atoms with Crippen LogP contribution in [0.1, 0.15) is 25.0 Å². The largest absolute Gasteiger partial charge is 0.383 e. The van der Waals surface area contributed by atoms with E-state index in [0.717, 1.165) is 26.1 Å². The molecule has 148 valence electrons. The molecule has 0 aliphatic carbocycles. The molecule has 1 unspecified atom stereocenters. The number of nitrogens with zero attached hydrogens (tertiary/aromatic N) is 2. The van der Waals surface area contributed by atoms with E-state index in [1.165, 1.54) is 11.1 Å². The molecule has 3 N–H and O–H groups in total. The molecule has 0 aromatic heterocycles. The van der Waals surface area contributed by atoms with Crippen LogP contribution in [-0.2, 0) is 13.0 Å². The van der Waals surface area contributed by atoms with Crippen molar-refractivity contribution >= 4 is 11.4 Å². The molecule has 2 heterocycles. The molecule has 0 bridgehead atoms. The summed E-state index contributed by atoms with van der Waals surface area (Å²) in [4.78, 5) is 6.53. The van der Waals surface area contributed by atoms with E-state index in [1.807, 2.05) is 0 Å². The zero-order chi connectivity index (χ0) is 20.1. The van der Waals surface area contributed by atoms with Gasteiger partial charge in [0, 0.05) is 38.1 Å². The van der Waals surface area contributed by atoms with Crippen LogP contribution >= 0.6 is 0 Å². The molecule has 28 heavy (non-hydrogen) atoms. The van der Waals surface area contributed by atoms with Crippen LogP contribution in [0, 0.1) is 11.3 Å². The van der Waals surface area contributed by atoms with E-state index < -0.39 is 5.83 Å². The van der Waals surface area contributed by atoms with E-state index in [2.05, 4.69) is 58.3 Å². The molecule has 1 aromatic rings. The summed E-state index contributed by atoms with van der Waals surface area (Å²) in [5.41, 5.74) is 3.53. The molecule has 6 heteroatoms. The number of rotatable bonds is 7. The van der Waals surface area contributed by atoms with Gasteiger partial charge in [0.05, 0.1) is 5.70 Å². The minimum atomic E-state index is -0.707. The van der Waals surface area contributed by atoms with Crippen molar-refractivity contribution < 1.29 is 4.39 Å². The summed E-state index contributed by atoms with van der Waals surface area (Å²) >= 11 is 0. The maximum Gasteiger partial charge on any atom is 0.192 e. The van der Waals surface area contributed by atoms with Crippen molar-refractivity contribution in [3.63, 3.8) is 0 Å². The van der Waals surface area contributed by atoms with Crippen LogP contribution < -0.4 is 10.6 Å². The Labute approximate surface area is 166 Å². The molecule has 0 spiro atoms. The minimum absolute atomic E-state index is 0.0491. The van der Waals surface area contributed by atoms with Gasteiger partial charge in [0.25, 0.3) is 0 Å². The quantitative estimate of drug-likeness (QED) is 0.633. The van der Waals surface area contributed by atoms with Gasteiger partial charge in [-0.2, -0.15) is 0 Å². The lowest BCUT2D eigenvalue weighted by Gasteiger charge is -2.31. The van der Waals surface area contributed by atoms with Gasteiger partial charge in [-0.1, -0.05) is 37.8 Å². The molecule has 0 amide bonds. The molecule has 0 saturated heterocycles. The van der Waals surface area contributed by atoms with Crippen LogP contribution in [0.4, 0.5) is 4.39 Å². The molecule has 0 radical (unpaired) electrons. The second-order valence-corrected chi connectivity index (χ2v) is 7.49. The van der Waals surface area contributed by atoms with Crippen molar-refractivity contribution in [2.75, 3.05) is 19.6 Å². The summed E-state index contributed by atoms with van der Waals surface area (Å²) in [6.07, 6.45) is 4.43. The fourth-order valence-corrected chi connectivity index (χ4v) is 3.45. The molecule has 3 rings (SSSR count). The predicted molar refractivity (Wildman–Crippen MR) is 113 cm³/mol. The minimum Gasteiger partial charge on any atom is -0.383 e. The molecule has 1 atom stereocenters. The highest BCUT2D eigenvalue weighted by atomic mass is 19.1. The maximum atomic E-state index is 14.5. The second kappa shape index (κ2) is 8.97. The number of halogens is 1. The lowest BCUT2D eigenvalue weighted by molar-refractivity contribution is 0.219. The first-order valence-electron chi connectivity index (χ1n) is 9.63. The Morgan fingerprint density at radius 2 is 2.14 bits per heavy atom. The van der Waals surface area contributed by atoms with Gasteiger partial charge in [-0.3, -0.25) is 10.3 Å². The Balaban J connectivity index is 1.49. The van der Waals surface area contributed by atoms with Crippen LogP contribution in [-0.4, -0.2) is 36.0 Å². The van der Waals surface area contributed by atoms with Gasteiger partial charge < -0.3 is 10.6 Å². The lowest BCUT2D eigenvalue weighted by Crippen LogP contribution is -2.37. The zero-order valence-electron chi connectivity index (χ0n) is 16.6. The van der Waals surface area contributed by atoms with Crippen molar-refractivity contribution in [1.82, 2.24) is 15.5 Å². The normalized spacial score (nSPS) is 19.2. The van der Waals surface area contributed by atoms with E-state index in [0.29, 0.717) is 18.2 Å². The standard InChI is InChI=1S/C22H28FN5/c1-15(13-28-11-9-18-6-4-5-7-19(18)14-28)12-26-17(3)21(24)20(23)22-25-10-8-16(2)27-22/h4-8,10,15,24-26H,3,9,11-14H2,1-2H3/b22-20-,24-21?. The van der Waals surface area contributed by atoms with Gasteiger partial charge in [-0.15, -0.1) is 0 Å². The second-order valence-electron chi connectivity index (χ2n) is 7.49. The van der Waals surface area contributed by atoms with Gasteiger partial charge in [-0.05, 0) is 36.5 Å². The first-order valence-corrected chi connectivity index (χ1v) is 9.63. The first kappa shape index (κ1) is 20.0.